The SMILES string of the molecule is CS(=O)(=O)C[C@](O)(c1ccccc1)c1ccncc1. The Morgan fingerprint density at radius 2 is 1.58 bits per heavy atom. The van der Waals surface area contributed by atoms with Gasteiger partial charge in [-0.05, 0) is 23.3 Å². The van der Waals surface area contributed by atoms with E-state index in [1.807, 2.05) is 6.07 Å². The van der Waals surface area contributed by atoms with E-state index in [0.29, 0.717) is 11.1 Å². The lowest BCUT2D eigenvalue weighted by molar-refractivity contribution is 0.105. The van der Waals surface area contributed by atoms with Gasteiger partial charge >= 0.3 is 0 Å². The van der Waals surface area contributed by atoms with E-state index in [4.69, 9.17) is 0 Å². The Kier molecular flexibility index (Phi) is 3.68. The van der Waals surface area contributed by atoms with Gasteiger partial charge in [0, 0.05) is 18.6 Å². The van der Waals surface area contributed by atoms with Crippen molar-refractivity contribution in [2.45, 2.75) is 5.60 Å². The lowest BCUT2D eigenvalue weighted by Gasteiger charge is -2.28. The summed E-state index contributed by atoms with van der Waals surface area (Å²) < 4.78 is 23.2. The molecule has 2 aromatic rings. The van der Waals surface area contributed by atoms with Gasteiger partial charge in [0.05, 0.1) is 5.75 Å². The normalized spacial score (nSPS) is 14.8. The second kappa shape index (κ2) is 5.11. The summed E-state index contributed by atoms with van der Waals surface area (Å²) in [7, 11) is -3.35. The maximum Gasteiger partial charge on any atom is 0.150 e. The van der Waals surface area contributed by atoms with Crippen LogP contribution in [0.3, 0.4) is 0 Å². The van der Waals surface area contributed by atoms with Crippen LogP contribution in [-0.4, -0.2) is 30.5 Å². The van der Waals surface area contributed by atoms with Crippen molar-refractivity contribution >= 4 is 9.84 Å². The molecule has 0 bridgehead atoms. The average molecular weight is 277 g/mol. The van der Waals surface area contributed by atoms with Crippen LogP contribution in [0.25, 0.3) is 0 Å². The molecule has 0 unspecified atom stereocenters. The number of nitrogens with zero attached hydrogens (tertiary/aromatic N) is 1. The number of aliphatic hydroxyl groups is 1. The molecule has 1 N–H and O–H groups in total. The maximum absolute atomic E-state index is 11.6. The fourth-order valence-corrected chi connectivity index (χ4v) is 3.15. The number of hydrogen-bond donors (Lipinski definition) is 1. The Hall–Kier alpha value is -1.72. The van der Waals surface area contributed by atoms with E-state index >= 15 is 0 Å². The monoisotopic (exact) mass is 277 g/mol. The fraction of sp³-hybridized carbons (Fsp3) is 0.214. The summed E-state index contributed by atoms with van der Waals surface area (Å²) in [6, 6.07) is 12.0. The highest BCUT2D eigenvalue weighted by Crippen LogP contribution is 2.30. The van der Waals surface area contributed by atoms with Gasteiger partial charge < -0.3 is 5.11 Å². The Morgan fingerprint density at radius 1 is 1.05 bits per heavy atom. The van der Waals surface area contributed by atoms with Gasteiger partial charge in [-0.25, -0.2) is 8.42 Å². The molecule has 100 valence electrons. The highest BCUT2D eigenvalue weighted by atomic mass is 32.2. The van der Waals surface area contributed by atoms with E-state index in [1.54, 1.807) is 36.4 Å². The average Bonchev–Trinajstić information content (AvgIpc) is 2.39. The summed E-state index contributed by atoms with van der Waals surface area (Å²) in [5.41, 5.74) is -0.497. The molecule has 1 heterocycles. The molecule has 1 aromatic carbocycles. The molecule has 0 aliphatic heterocycles. The van der Waals surface area contributed by atoms with Crippen LogP contribution in [0.5, 0.6) is 0 Å². The minimum Gasteiger partial charge on any atom is -0.379 e. The second-order valence-electron chi connectivity index (χ2n) is 4.53. The van der Waals surface area contributed by atoms with Crippen LogP contribution in [0.1, 0.15) is 11.1 Å². The van der Waals surface area contributed by atoms with Gasteiger partial charge in [0.25, 0.3) is 0 Å². The summed E-state index contributed by atoms with van der Waals surface area (Å²) in [5, 5.41) is 10.9. The molecule has 0 aliphatic carbocycles. The number of pyridine rings is 1. The Bertz CT molecular complexity index is 599. The van der Waals surface area contributed by atoms with Crippen molar-refractivity contribution in [3.8, 4) is 0 Å². The van der Waals surface area contributed by atoms with E-state index in [-0.39, 0.29) is 5.75 Å². The van der Waals surface area contributed by atoms with Gasteiger partial charge in [-0.3, -0.25) is 4.98 Å². The molecule has 1 aromatic heterocycles. The molecule has 0 saturated heterocycles. The van der Waals surface area contributed by atoms with Crippen LogP contribution in [0.2, 0.25) is 0 Å². The molecule has 0 fully saturated rings. The standard InChI is InChI=1S/C14H15NO3S/c1-19(17,18)11-14(16,12-5-3-2-4-6-12)13-7-9-15-10-8-13/h2-10,16H,11H2,1H3/t14-/m0/s1. The van der Waals surface area contributed by atoms with Crippen molar-refractivity contribution in [3.05, 3.63) is 66.0 Å². The van der Waals surface area contributed by atoms with Gasteiger partial charge in [0.2, 0.25) is 0 Å². The van der Waals surface area contributed by atoms with Crippen LogP contribution < -0.4 is 0 Å². The third-order valence-corrected chi connectivity index (χ3v) is 3.82. The van der Waals surface area contributed by atoms with Crippen LogP contribution in [0.15, 0.2) is 54.9 Å². The zero-order valence-electron chi connectivity index (χ0n) is 10.5. The first-order valence-corrected chi connectivity index (χ1v) is 7.84. The summed E-state index contributed by atoms with van der Waals surface area (Å²) in [4.78, 5) is 3.89. The third kappa shape index (κ3) is 3.19. The van der Waals surface area contributed by atoms with E-state index < -0.39 is 15.4 Å². The first-order chi connectivity index (χ1) is 8.92. The molecule has 1 atom stereocenters. The zero-order valence-corrected chi connectivity index (χ0v) is 11.3. The number of hydrogen-bond acceptors (Lipinski definition) is 4. The summed E-state index contributed by atoms with van der Waals surface area (Å²) in [6.07, 6.45) is 4.18. The number of aromatic nitrogens is 1. The molecule has 19 heavy (non-hydrogen) atoms. The van der Waals surface area contributed by atoms with Crippen molar-refractivity contribution in [2.75, 3.05) is 12.0 Å². The summed E-state index contributed by atoms with van der Waals surface area (Å²) in [6.45, 7) is 0. The largest absolute Gasteiger partial charge is 0.379 e. The second-order valence-corrected chi connectivity index (χ2v) is 6.67. The van der Waals surface area contributed by atoms with E-state index in [0.717, 1.165) is 6.26 Å². The number of sulfone groups is 1. The number of benzene rings is 1. The Balaban J connectivity index is 2.57. The molecule has 2 rings (SSSR count). The highest BCUT2D eigenvalue weighted by Gasteiger charge is 2.35. The van der Waals surface area contributed by atoms with Crippen molar-refractivity contribution in [2.24, 2.45) is 0 Å². The predicted octanol–water partition coefficient (Wildman–Crippen LogP) is 1.36. The van der Waals surface area contributed by atoms with Gasteiger partial charge in [-0.2, -0.15) is 0 Å². The lowest BCUT2D eigenvalue weighted by atomic mass is 9.89. The van der Waals surface area contributed by atoms with Crippen LogP contribution >= 0.6 is 0 Å². The zero-order chi connectivity index (χ0) is 13.9. The first-order valence-electron chi connectivity index (χ1n) is 5.78. The van der Waals surface area contributed by atoms with Crippen molar-refractivity contribution in [1.82, 2.24) is 4.98 Å². The smallest absolute Gasteiger partial charge is 0.150 e. The molecule has 4 nitrogen and oxygen atoms in total. The molecule has 0 aliphatic rings. The Morgan fingerprint density at radius 3 is 2.11 bits per heavy atom. The third-order valence-electron chi connectivity index (χ3n) is 2.88. The van der Waals surface area contributed by atoms with Crippen molar-refractivity contribution < 1.29 is 13.5 Å². The van der Waals surface area contributed by atoms with Gasteiger partial charge in [0.1, 0.15) is 5.60 Å². The molecule has 0 saturated carbocycles. The summed E-state index contributed by atoms with van der Waals surface area (Å²) >= 11 is 0. The predicted molar refractivity (Wildman–Crippen MR) is 73.4 cm³/mol. The van der Waals surface area contributed by atoms with Crippen LogP contribution in [0, 0.1) is 0 Å². The molecular weight excluding hydrogens is 262 g/mol. The van der Waals surface area contributed by atoms with Gasteiger partial charge in [0.15, 0.2) is 9.84 Å². The topological polar surface area (TPSA) is 67.3 Å². The van der Waals surface area contributed by atoms with E-state index in [9.17, 15) is 13.5 Å². The van der Waals surface area contributed by atoms with E-state index in [1.165, 1.54) is 12.4 Å². The Labute approximate surface area is 112 Å². The minimum absolute atomic E-state index is 0.367. The van der Waals surface area contributed by atoms with E-state index in [2.05, 4.69) is 4.98 Å². The highest BCUT2D eigenvalue weighted by molar-refractivity contribution is 7.90. The molecule has 0 spiro atoms. The first kappa shape index (κ1) is 13.7. The summed E-state index contributed by atoms with van der Waals surface area (Å²) in [5.74, 6) is -0.367. The number of rotatable bonds is 4. The molecule has 5 heteroatoms. The maximum atomic E-state index is 11.6. The quantitative estimate of drug-likeness (QED) is 0.916. The minimum atomic E-state index is -3.35. The van der Waals surface area contributed by atoms with Gasteiger partial charge in [-0.15, -0.1) is 0 Å². The van der Waals surface area contributed by atoms with Gasteiger partial charge in [-0.1, -0.05) is 30.3 Å². The van der Waals surface area contributed by atoms with Crippen molar-refractivity contribution in [1.29, 1.82) is 0 Å². The lowest BCUT2D eigenvalue weighted by Crippen LogP contribution is -2.35. The molecular formula is C14H15NO3S. The molecule has 0 amide bonds. The fourth-order valence-electron chi connectivity index (χ4n) is 2.05. The molecule has 0 radical (unpaired) electrons. The van der Waals surface area contributed by atoms with Crippen LogP contribution in [0.4, 0.5) is 0 Å². The van der Waals surface area contributed by atoms with Crippen LogP contribution in [-0.2, 0) is 15.4 Å². The van der Waals surface area contributed by atoms with Crippen molar-refractivity contribution in [3.63, 3.8) is 0 Å².